The molecule has 1 heterocycles. The topological polar surface area (TPSA) is 63.2 Å². The molecule has 0 bridgehead atoms. The SMILES string of the molecule is COc1ccc2c(c1)OC(c1ccc(OC)c(OC)c1OC)CC2=O. The van der Waals surface area contributed by atoms with Gasteiger partial charge in [-0.25, -0.2) is 0 Å². The van der Waals surface area contributed by atoms with Gasteiger partial charge in [-0.3, -0.25) is 4.79 Å². The summed E-state index contributed by atoms with van der Waals surface area (Å²) in [5.74, 6) is 2.64. The number of hydrogen-bond acceptors (Lipinski definition) is 6. The van der Waals surface area contributed by atoms with Gasteiger partial charge in [-0.2, -0.15) is 0 Å². The van der Waals surface area contributed by atoms with E-state index in [1.807, 2.05) is 6.07 Å². The third-order valence-electron chi connectivity index (χ3n) is 4.21. The van der Waals surface area contributed by atoms with Crippen LogP contribution < -0.4 is 23.7 Å². The van der Waals surface area contributed by atoms with Crippen molar-refractivity contribution in [2.45, 2.75) is 12.5 Å². The molecule has 0 fully saturated rings. The number of carbonyl (C=O) groups is 1. The molecule has 3 rings (SSSR count). The number of ether oxygens (including phenoxy) is 5. The smallest absolute Gasteiger partial charge is 0.203 e. The van der Waals surface area contributed by atoms with E-state index in [4.69, 9.17) is 23.7 Å². The molecule has 25 heavy (non-hydrogen) atoms. The Hall–Kier alpha value is -2.89. The van der Waals surface area contributed by atoms with Gasteiger partial charge in [-0.15, -0.1) is 0 Å². The third-order valence-corrected chi connectivity index (χ3v) is 4.21. The Morgan fingerprint density at radius 3 is 2.32 bits per heavy atom. The lowest BCUT2D eigenvalue weighted by atomic mass is 9.95. The average Bonchev–Trinajstić information content (AvgIpc) is 2.65. The van der Waals surface area contributed by atoms with Gasteiger partial charge in [-0.05, 0) is 24.3 Å². The molecule has 6 nitrogen and oxygen atoms in total. The standard InChI is InChI=1S/C19H20O6/c1-21-11-5-6-12-14(20)10-17(25-16(12)9-11)13-7-8-15(22-2)19(24-4)18(13)23-3/h5-9,17H,10H2,1-4H3. The minimum atomic E-state index is -0.484. The number of benzene rings is 2. The maximum atomic E-state index is 12.5. The molecule has 2 aromatic carbocycles. The molecule has 132 valence electrons. The summed E-state index contributed by atoms with van der Waals surface area (Å²) in [5.41, 5.74) is 1.28. The third kappa shape index (κ3) is 2.95. The molecule has 6 heteroatoms. The predicted octanol–water partition coefficient (Wildman–Crippen LogP) is 3.43. The lowest BCUT2D eigenvalue weighted by molar-refractivity contribution is 0.0845. The van der Waals surface area contributed by atoms with Crippen LogP contribution in [0.5, 0.6) is 28.7 Å². The number of Topliss-reactive ketones (excluding diaryl/α,β-unsaturated/α-hetero) is 1. The lowest BCUT2D eigenvalue weighted by Gasteiger charge is -2.27. The molecule has 0 N–H and O–H groups in total. The molecule has 2 aromatic rings. The average molecular weight is 344 g/mol. The van der Waals surface area contributed by atoms with Crippen LogP contribution in [0.25, 0.3) is 0 Å². The Morgan fingerprint density at radius 2 is 1.68 bits per heavy atom. The minimum absolute atomic E-state index is 0.00532. The molecule has 0 spiro atoms. The van der Waals surface area contributed by atoms with Gasteiger partial charge >= 0.3 is 0 Å². The van der Waals surface area contributed by atoms with Crippen molar-refractivity contribution in [2.75, 3.05) is 28.4 Å². The van der Waals surface area contributed by atoms with E-state index in [1.165, 1.54) is 7.11 Å². The van der Waals surface area contributed by atoms with Crippen LogP contribution in [-0.2, 0) is 0 Å². The van der Waals surface area contributed by atoms with Crippen LogP contribution in [0.3, 0.4) is 0 Å². The molecule has 1 atom stereocenters. The first-order valence-electron chi connectivity index (χ1n) is 7.79. The van der Waals surface area contributed by atoms with E-state index in [1.54, 1.807) is 45.6 Å². The van der Waals surface area contributed by atoms with Crippen molar-refractivity contribution < 1.29 is 28.5 Å². The fraction of sp³-hybridized carbons (Fsp3) is 0.316. The molecule has 0 radical (unpaired) electrons. The summed E-state index contributed by atoms with van der Waals surface area (Å²) in [6.45, 7) is 0. The number of rotatable bonds is 5. The maximum absolute atomic E-state index is 12.5. The second kappa shape index (κ2) is 6.93. The second-order valence-electron chi connectivity index (χ2n) is 5.52. The van der Waals surface area contributed by atoms with E-state index >= 15 is 0 Å². The van der Waals surface area contributed by atoms with E-state index in [0.29, 0.717) is 34.3 Å². The Kier molecular flexibility index (Phi) is 4.70. The van der Waals surface area contributed by atoms with Crippen molar-refractivity contribution in [1.82, 2.24) is 0 Å². The van der Waals surface area contributed by atoms with Gasteiger partial charge in [0.05, 0.1) is 40.4 Å². The van der Waals surface area contributed by atoms with Crippen LogP contribution in [0.1, 0.15) is 28.4 Å². The zero-order chi connectivity index (χ0) is 18.0. The largest absolute Gasteiger partial charge is 0.497 e. The first kappa shape index (κ1) is 17.0. The zero-order valence-electron chi connectivity index (χ0n) is 14.6. The first-order valence-corrected chi connectivity index (χ1v) is 7.79. The Balaban J connectivity index is 2.04. The molecular weight excluding hydrogens is 324 g/mol. The first-order chi connectivity index (χ1) is 12.1. The van der Waals surface area contributed by atoms with E-state index in [2.05, 4.69) is 0 Å². The van der Waals surface area contributed by atoms with Crippen LogP contribution in [0.15, 0.2) is 30.3 Å². The van der Waals surface area contributed by atoms with Gasteiger partial charge in [0.15, 0.2) is 17.3 Å². The van der Waals surface area contributed by atoms with Gasteiger partial charge in [0.1, 0.15) is 17.6 Å². The highest BCUT2D eigenvalue weighted by Gasteiger charge is 2.31. The monoisotopic (exact) mass is 344 g/mol. The van der Waals surface area contributed by atoms with E-state index < -0.39 is 6.10 Å². The van der Waals surface area contributed by atoms with E-state index in [-0.39, 0.29) is 12.2 Å². The summed E-state index contributed by atoms with van der Waals surface area (Å²) < 4.78 is 27.5. The molecular formula is C19H20O6. The summed E-state index contributed by atoms with van der Waals surface area (Å²) in [4.78, 5) is 12.5. The maximum Gasteiger partial charge on any atom is 0.203 e. The molecule has 0 amide bonds. The number of hydrogen-bond donors (Lipinski definition) is 0. The Bertz CT molecular complexity index is 799. The van der Waals surface area contributed by atoms with Gasteiger partial charge in [0.2, 0.25) is 5.75 Å². The Morgan fingerprint density at radius 1 is 0.920 bits per heavy atom. The minimum Gasteiger partial charge on any atom is -0.497 e. The number of ketones is 1. The van der Waals surface area contributed by atoms with E-state index in [9.17, 15) is 4.79 Å². The highest BCUT2D eigenvalue weighted by Crippen LogP contribution is 2.46. The predicted molar refractivity (Wildman–Crippen MR) is 91.4 cm³/mol. The van der Waals surface area contributed by atoms with Gasteiger partial charge in [0, 0.05) is 11.6 Å². The normalized spacial score (nSPS) is 15.8. The molecule has 1 unspecified atom stereocenters. The zero-order valence-corrected chi connectivity index (χ0v) is 14.6. The van der Waals surface area contributed by atoms with Gasteiger partial charge in [0.25, 0.3) is 0 Å². The summed E-state index contributed by atoms with van der Waals surface area (Å²) in [6.07, 6.45) is -0.271. The molecule has 0 saturated heterocycles. The van der Waals surface area contributed by atoms with Crippen LogP contribution in [0.4, 0.5) is 0 Å². The van der Waals surface area contributed by atoms with Crippen LogP contribution in [0.2, 0.25) is 0 Å². The van der Waals surface area contributed by atoms with Crippen molar-refractivity contribution in [3.8, 4) is 28.7 Å². The number of methoxy groups -OCH3 is 4. The van der Waals surface area contributed by atoms with Gasteiger partial charge in [-0.1, -0.05) is 0 Å². The van der Waals surface area contributed by atoms with Crippen molar-refractivity contribution in [2.24, 2.45) is 0 Å². The molecule has 1 aliphatic heterocycles. The molecule has 0 aromatic heterocycles. The summed E-state index contributed by atoms with van der Waals surface area (Å²) in [6, 6.07) is 8.78. The highest BCUT2D eigenvalue weighted by molar-refractivity contribution is 6.00. The molecule has 0 saturated carbocycles. The van der Waals surface area contributed by atoms with Crippen molar-refractivity contribution in [3.05, 3.63) is 41.5 Å². The molecule has 0 aliphatic carbocycles. The number of carbonyl (C=O) groups excluding carboxylic acids is 1. The second-order valence-corrected chi connectivity index (χ2v) is 5.52. The van der Waals surface area contributed by atoms with Crippen LogP contribution in [0, 0.1) is 0 Å². The van der Waals surface area contributed by atoms with Gasteiger partial charge < -0.3 is 23.7 Å². The van der Waals surface area contributed by atoms with Crippen molar-refractivity contribution >= 4 is 5.78 Å². The summed E-state index contributed by atoms with van der Waals surface area (Å²) in [7, 11) is 6.21. The fourth-order valence-corrected chi connectivity index (χ4v) is 2.98. The summed E-state index contributed by atoms with van der Waals surface area (Å²) in [5, 5.41) is 0. The van der Waals surface area contributed by atoms with Crippen molar-refractivity contribution in [3.63, 3.8) is 0 Å². The highest BCUT2D eigenvalue weighted by atomic mass is 16.5. The Labute approximate surface area is 146 Å². The number of fused-ring (bicyclic) bond motifs is 1. The van der Waals surface area contributed by atoms with Crippen LogP contribution in [-0.4, -0.2) is 34.2 Å². The lowest BCUT2D eigenvalue weighted by Crippen LogP contribution is -2.21. The van der Waals surface area contributed by atoms with E-state index in [0.717, 1.165) is 5.56 Å². The quantitative estimate of drug-likeness (QED) is 0.828. The van der Waals surface area contributed by atoms with Crippen molar-refractivity contribution in [1.29, 1.82) is 0 Å². The molecule has 1 aliphatic rings. The van der Waals surface area contributed by atoms with Crippen LogP contribution >= 0.6 is 0 Å². The summed E-state index contributed by atoms with van der Waals surface area (Å²) >= 11 is 0. The fourth-order valence-electron chi connectivity index (χ4n) is 2.98.